The predicted molar refractivity (Wildman–Crippen MR) is 94.0 cm³/mol. The van der Waals surface area contributed by atoms with Gasteiger partial charge in [-0.15, -0.1) is 0 Å². The lowest BCUT2D eigenvalue weighted by atomic mass is 10.1. The van der Waals surface area contributed by atoms with Crippen LogP contribution in [0, 0.1) is 11.8 Å². The van der Waals surface area contributed by atoms with Gasteiger partial charge in [-0.25, -0.2) is 4.98 Å². The van der Waals surface area contributed by atoms with Gasteiger partial charge < -0.3 is 9.64 Å². The molecule has 0 radical (unpaired) electrons. The fraction of sp³-hybridized carbons (Fsp3) is 0.474. The Kier molecular flexibility index (Phi) is 3.23. The monoisotopic (exact) mass is 322 g/mol. The highest BCUT2D eigenvalue weighted by Gasteiger charge is 2.42. The Morgan fingerprint density at radius 1 is 1.21 bits per heavy atom. The number of aromatic nitrogens is 3. The Labute approximate surface area is 141 Å². The van der Waals surface area contributed by atoms with Crippen molar-refractivity contribution in [2.75, 3.05) is 31.2 Å². The summed E-state index contributed by atoms with van der Waals surface area (Å²) in [5.74, 6) is 2.49. The highest BCUT2D eigenvalue weighted by atomic mass is 16.5. The Balaban J connectivity index is 1.64. The molecule has 0 N–H and O–H groups in total. The van der Waals surface area contributed by atoms with Crippen LogP contribution in [0.3, 0.4) is 0 Å². The predicted octanol–water partition coefficient (Wildman–Crippen LogP) is 2.94. The maximum Gasteiger partial charge on any atom is 0.211 e. The normalized spacial score (nSPS) is 26.6. The van der Waals surface area contributed by atoms with Crippen molar-refractivity contribution in [3.63, 3.8) is 0 Å². The highest BCUT2D eigenvalue weighted by molar-refractivity contribution is 5.81. The average Bonchev–Trinajstić information content (AvgIpc) is 3.28. The summed E-state index contributed by atoms with van der Waals surface area (Å²) in [6.45, 7) is 5.56. The van der Waals surface area contributed by atoms with Crippen LogP contribution in [0.4, 0.5) is 5.95 Å². The van der Waals surface area contributed by atoms with E-state index in [-0.39, 0.29) is 0 Å². The largest absolute Gasteiger partial charge is 0.378 e. The number of morpholine rings is 1. The van der Waals surface area contributed by atoms with Gasteiger partial charge in [-0.1, -0.05) is 17.7 Å². The van der Waals surface area contributed by atoms with Crippen LogP contribution in [0.5, 0.6) is 0 Å². The number of fused-ring (bicyclic) bond motifs is 2. The summed E-state index contributed by atoms with van der Waals surface area (Å²) in [5.41, 5.74) is 5.10. The van der Waals surface area contributed by atoms with Crippen LogP contribution in [0.1, 0.15) is 25.5 Å². The zero-order valence-corrected chi connectivity index (χ0v) is 14.0. The molecule has 5 nitrogen and oxygen atoms in total. The molecule has 0 aromatic carbocycles. The first-order valence-corrected chi connectivity index (χ1v) is 8.84. The lowest BCUT2D eigenvalue weighted by Crippen LogP contribution is -2.37. The van der Waals surface area contributed by atoms with Crippen molar-refractivity contribution >= 4 is 17.0 Å². The van der Waals surface area contributed by atoms with Gasteiger partial charge >= 0.3 is 0 Å². The molecule has 5 heteroatoms. The molecule has 3 aliphatic rings. The van der Waals surface area contributed by atoms with Crippen LogP contribution in [0.2, 0.25) is 0 Å². The molecule has 2 aromatic rings. The molecule has 0 amide bonds. The first-order valence-electron chi connectivity index (χ1n) is 8.84. The molecule has 1 saturated carbocycles. The molecule has 24 heavy (non-hydrogen) atoms. The Bertz CT molecular complexity index is 844. The second kappa shape index (κ2) is 5.45. The molecule has 0 spiro atoms. The van der Waals surface area contributed by atoms with E-state index in [1.165, 1.54) is 24.0 Å². The number of hydrogen-bond acceptors (Lipinski definition) is 4. The molecule has 1 aliphatic heterocycles. The van der Waals surface area contributed by atoms with E-state index in [0.29, 0.717) is 5.92 Å². The summed E-state index contributed by atoms with van der Waals surface area (Å²) in [6, 6.07) is 0. The number of imidazole rings is 1. The molecular formula is C19H22N4O. The third-order valence-corrected chi connectivity index (χ3v) is 5.45. The first kappa shape index (κ1) is 14.2. The summed E-state index contributed by atoms with van der Waals surface area (Å²) in [7, 11) is 0. The number of allylic oxidation sites excluding steroid dienone is 4. The van der Waals surface area contributed by atoms with Gasteiger partial charge in [0.05, 0.1) is 30.6 Å². The molecule has 124 valence electrons. The van der Waals surface area contributed by atoms with E-state index >= 15 is 0 Å². The van der Waals surface area contributed by atoms with Crippen molar-refractivity contribution in [2.24, 2.45) is 11.8 Å². The van der Waals surface area contributed by atoms with E-state index in [1.807, 2.05) is 18.6 Å². The number of hydrogen-bond donors (Lipinski definition) is 0. The maximum atomic E-state index is 5.50. The Hall–Kier alpha value is -2.14. The smallest absolute Gasteiger partial charge is 0.211 e. The van der Waals surface area contributed by atoms with Crippen LogP contribution >= 0.6 is 0 Å². The van der Waals surface area contributed by atoms with Gasteiger partial charge in [0, 0.05) is 25.5 Å². The van der Waals surface area contributed by atoms with Crippen molar-refractivity contribution in [1.29, 1.82) is 0 Å². The maximum absolute atomic E-state index is 5.50. The molecule has 2 aliphatic carbocycles. The van der Waals surface area contributed by atoms with E-state index < -0.39 is 0 Å². The van der Waals surface area contributed by atoms with Gasteiger partial charge in [-0.2, -0.15) is 0 Å². The minimum absolute atomic E-state index is 0.662. The average molecular weight is 322 g/mol. The minimum atomic E-state index is 0.662. The topological polar surface area (TPSA) is 42.7 Å². The number of ether oxygens (including phenoxy) is 1. The lowest BCUT2D eigenvalue weighted by Gasteiger charge is -2.26. The third kappa shape index (κ3) is 2.26. The zero-order valence-electron chi connectivity index (χ0n) is 14.0. The molecule has 2 unspecified atom stereocenters. The van der Waals surface area contributed by atoms with Crippen LogP contribution in [0.25, 0.3) is 11.1 Å². The second-order valence-corrected chi connectivity index (χ2v) is 7.13. The van der Waals surface area contributed by atoms with Gasteiger partial charge in [0.1, 0.15) is 0 Å². The number of rotatable bonds is 2. The van der Waals surface area contributed by atoms with Crippen LogP contribution in [-0.2, 0) is 4.74 Å². The van der Waals surface area contributed by atoms with Crippen molar-refractivity contribution in [1.82, 2.24) is 14.4 Å². The van der Waals surface area contributed by atoms with Crippen molar-refractivity contribution < 1.29 is 4.74 Å². The lowest BCUT2D eigenvalue weighted by molar-refractivity contribution is 0.122. The Morgan fingerprint density at radius 2 is 2.08 bits per heavy atom. The molecule has 2 atom stereocenters. The molecule has 3 heterocycles. The molecule has 2 aromatic heterocycles. The van der Waals surface area contributed by atoms with Crippen LogP contribution in [0.15, 0.2) is 36.3 Å². The summed E-state index contributed by atoms with van der Waals surface area (Å²) in [5, 5.41) is 0. The fourth-order valence-corrected chi connectivity index (χ4v) is 4.07. The Morgan fingerprint density at radius 3 is 2.96 bits per heavy atom. The van der Waals surface area contributed by atoms with Gasteiger partial charge in [0.2, 0.25) is 5.95 Å². The van der Waals surface area contributed by atoms with E-state index in [9.17, 15) is 0 Å². The van der Waals surface area contributed by atoms with Gasteiger partial charge in [0.15, 0.2) is 0 Å². The third-order valence-electron chi connectivity index (χ3n) is 5.45. The number of anilines is 1. The highest BCUT2D eigenvalue weighted by Crippen LogP contribution is 2.53. The zero-order chi connectivity index (χ0) is 16.1. The van der Waals surface area contributed by atoms with Crippen molar-refractivity contribution in [2.45, 2.75) is 19.8 Å². The van der Waals surface area contributed by atoms with Gasteiger partial charge in [0.25, 0.3) is 0 Å². The van der Waals surface area contributed by atoms with Crippen LogP contribution < -0.4 is 4.90 Å². The van der Waals surface area contributed by atoms with Gasteiger partial charge in [-0.05, 0) is 37.2 Å². The van der Waals surface area contributed by atoms with E-state index in [2.05, 4.69) is 33.4 Å². The molecule has 1 saturated heterocycles. The summed E-state index contributed by atoms with van der Waals surface area (Å²) < 4.78 is 7.69. The molecular weight excluding hydrogens is 300 g/mol. The SMILES string of the molecule is CC1=CC=C(c2nc(N3CCOCC3)n3ccncc23)C2CC2C1. The van der Waals surface area contributed by atoms with E-state index in [4.69, 9.17) is 9.72 Å². The second-order valence-electron chi connectivity index (χ2n) is 7.13. The molecule has 0 bridgehead atoms. The van der Waals surface area contributed by atoms with Crippen molar-refractivity contribution in [3.05, 3.63) is 42.0 Å². The van der Waals surface area contributed by atoms with E-state index in [1.54, 1.807) is 0 Å². The van der Waals surface area contributed by atoms with E-state index in [0.717, 1.165) is 49.4 Å². The summed E-state index contributed by atoms with van der Waals surface area (Å²) in [4.78, 5) is 11.8. The van der Waals surface area contributed by atoms with Crippen molar-refractivity contribution in [3.8, 4) is 0 Å². The molecule has 2 fully saturated rings. The summed E-state index contributed by atoms with van der Waals surface area (Å²) in [6.07, 6.45) is 12.9. The quantitative estimate of drug-likeness (QED) is 0.852. The summed E-state index contributed by atoms with van der Waals surface area (Å²) >= 11 is 0. The van der Waals surface area contributed by atoms with Gasteiger partial charge in [-0.3, -0.25) is 9.38 Å². The number of nitrogens with zero attached hydrogens (tertiary/aromatic N) is 4. The van der Waals surface area contributed by atoms with Crippen LogP contribution in [-0.4, -0.2) is 40.7 Å². The minimum Gasteiger partial charge on any atom is -0.378 e. The standard InChI is InChI=1S/C19H22N4O/c1-13-2-3-15(16-11-14(16)10-13)18-17-12-20-4-5-23(17)19(21-18)22-6-8-24-9-7-22/h2-5,12,14,16H,6-11H2,1H3. The first-order chi connectivity index (χ1) is 11.8. The molecule has 5 rings (SSSR count). The fourth-order valence-electron chi connectivity index (χ4n) is 4.07.